The lowest BCUT2D eigenvalue weighted by molar-refractivity contribution is -0.0135. The van der Waals surface area contributed by atoms with E-state index in [-0.39, 0.29) is 17.6 Å². The Hall–Kier alpha value is -1.72. The van der Waals surface area contributed by atoms with E-state index in [4.69, 9.17) is 9.47 Å². The van der Waals surface area contributed by atoms with Crippen LogP contribution in [0.5, 0.6) is 0 Å². The molecule has 136 valence electrons. The lowest BCUT2D eigenvalue weighted by Gasteiger charge is -2.56. The number of carbonyl (C=O) groups is 2. The lowest BCUT2D eigenvalue weighted by atomic mass is 9.49. The number of nitrogens with one attached hydrogen (secondary N) is 1. The maximum Gasteiger partial charge on any atom is 0.429 e. The number of hydrogen-bond acceptors (Lipinski definition) is 4. The molecule has 2 bridgehead atoms. The van der Waals surface area contributed by atoms with Crippen molar-refractivity contribution in [3.05, 3.63) is 11.6 Å². The van der Waals surface area contributed by atoms with Gasteiger partial charge in [-0.1, -0.05) is 19.9 Å². The van der Waals surface area contributed by atoms with Gasteiger partial charge in [0.2, 0.25) is 0 Å². The number of carbonyl (C=O) groups excluding carboxylic acids is 2. The zero-order valence-electron chi connectivity index (χ0n) is 15.6. The minimum atomic E-state index is -0.645. The van der Waals surface area contributed by atoms with Gasteiger partial charge in [-0.05, 0) is 63.4 Å². The lowest BCUT2D eigenvalue weighted by Crippen LogP contribution is -2.53. The van der Waals surface area contributed by atoms with Gasteiger partial charge >= 0.3 is 12.2 Å². The Morgan fingerprint density at radius 1 is 1.25 bits per heavy atom. The Morgan fingerprint density at radius 3 is 2.38 bits per heavy atom. The maximum atomic E-state index is 12.3. The highest BCUT2D eigenvalue weighted by Crippen LogP contribution is 2.59. The molecule has 0 aromatic rings. The number of nitrogens with zero attached hydrogens (tertiary/aromatic N) is 1. The van der Waals surface area contributed by atoms with E-state index in [1.807, 2.05) is 0 Å². The summed E-state index contributed by atoms with van der Waals surface area (Å²) >= 11 is 0. The van der Waals surface area contributed by atoms with Crippen LogP contribution in [-0.4, -0.2) is 35.9 Å². The Labute approximate surface area is 144 Å². The Balaban J connectivity index is 2.06. The van der Waals surface area contributed by atoms with Gasteiger partial charge in [0, 0.05) is 0 Å². The van der Waals surface area contributed by atoms with Crippen molar-refractivity contribution < 1.29 is 19.1 Å². The Kier molecular flexibility index (Phi) is 5.45. The largest absolute Gasteiger partial charge is 0.446 e. The third kappa shape index (κ3) is 4.02. The van der Waals surface area contributed by atoms with E-state index < -0.39 is 12.2 Å². The molecule has 0 unspecified atom stereocenters. The van der Waals surface area contributed by atoms with Crippen molar-refractivity contribution in [1.29, 1.82) is 0 Å². The van der Waals surface area contributed by atoms with Gasteiger partial charge in [0.25, 0.3) is 0 Å². The van der Waals surface area contributed by atoms with E-state index in [1.165, 1.54) is 10.6 Å². The highest BCUT2D eigenvalue weighted by molar-refractivity contribution is 5.74. The number of ether oxygens (including phenoxy) is 2. The number of rotatable bonds is 4. The van der Waals surface area contributed by atoms with Crippen LogP contribution in [0.15, 0.2) is 11.6 Å². The summed E-state index contributed by atoms with van der Waals surface area (Å²) in [5, 5.41) is 1.23. The van der Waals surface area contributed by atoms with Gasteiger partial charge in [0.05, 0.1) is 18.8 Å². The van der Waals surface area contributed by atoms with Gasteiger partial charge in [-0.3, -0.25) is 0 Å². The topological polar surface area (TPSA) is 67.9 Å². The number of fused-ring (bicyclic) bond motifs is 1. The minimum Gasteiger partial charge on any atom is -0.446 e. The molecule has 0 aliphatic heterocycles. The van der Waals surface area contributed by atoms with E-state index >= 15 is 0 Å². The van der Waals surface area contributed by atoms with Crippen LogP contribution in [0.4, 0.5) is 9.59 Å². The first-order valence-electron chi connectivity index (χ1n) is 8.75. The molecule has 0 heterocycles. The first-order chi connectivity index (χ1) is 11.1. The fraction of sp³-hybridized carbons (Fsp3) is 0.778. The first-order valence-corrected chi connectivity index (χ1v) is 8.75. The molecule has 2 atom stereocenters. The average Bonchev–Trinajstić information content (AvgIpc) is 2.44. The molecule has 3 rings (SSSR count). The van der Waals surface area contributed by atoms with Crippen LogP contribution >= 0.6 is 0 Å². The fourth-order valence-corrected chi connectivity index (χ4v) is 3.60. The van der Waals surface area contributed by atoms with Crippen molar-refractivity contribution in [3.8, 4) is 0 Å². The third-order valence-electron chi connectivity index (χ3n) is 5.05. The van der Waals surface area contributed by atoms with E-state index in [9.17, 15) is 9.59 Å². The molecule has 2 amide bonds. The maximum absolute atomic E-state index is 12.3. The van der Waals surface area contributed by atoms with Gasteiger partial charge < -0.3 is 9.47 Å². The summed E-state index contributed by atoms with van der Waals surface area (Å²) in [6.45, 7) is 12.0. The fourth-order valence-electron chi connectivity index (χ4n) is 3.60. The van der Waals surface area contributed by atoms with Crippen LogP contribution in [0, 0.1) is 17.3 Å². The van der Waals surface area contributed by atoms with Crippen LogP contribution in [0.1, 0.15) is 54.4 Å². The number of allylic oxidation sites excluding steroid dienone is 1. The summed E-state index contributed by atoms with van der Waals surface area (Å²) in [5.41, 5.74) is 3.97. The van der Waals surface area contributed by atoms with E-state index in [1.54, 1.807) is 27.7 Å². The summed E-state index contributed by atoms with van der Waals surface area (Å²) < 4.78 is 10.3. The number of amides is 2. The van der Waals surface area contributed by atoms with Crippen LogP contribution in [0.25, 0.3) is 0 Å². The second-order valence-electron chi connectivity index (χ2n) is 7.91. The highest BCUT2D eigenvalue weighted by atomic mass is 16.6. The molecular weight excluding hydrogens is 308 g/mol. The molecule has 6 nitrogen and oxygen atoms in total. The second-order valence-corrected chi connectivity index (χ2v) is 7.91. The smallest absolute Gasteiger partial charge is 0.429 e. The quantitative estimate of drug-likeness (QED) is 0.624. The zero-order chi connectivity index (χ0) is 18.1. The van der Waals surface area contributed by atoms with Crippen LogP contribution < -0.4 is 5.43 Å². The van der Waals surface area contributed by atoms with Gasteiger partial charge in [-0.25, -0.2) is 20.0 Å². The SMILES string of the molecule is CC(C)OC(=O)NN(CC1=CC[C@@H]2C[C@H]1C2(C)C)C(=O)OC(C)C. The molecule has 0 radical (unpaired) electrons. The molecule has 1 N–H and O–H groups in total. The molecular formula is C18H30N2O4. The van der Waals surface area contributed by atoms with E-state index in [2.05, 4.69) is 25.3 Å². The molecule has 0 saturated heterocycles. The summed E-state index contributed by atoms with van der Waals surface area (Å²) in [6, 6.07) is 0. The molecule has 3 aliphatic carbocycles. The van der Waals surface area contributed by atoms with Crippen molar-refractivity contribution in [3.63, 3.8) is 0 Å². The van der Waals surface area contributed by atoms with Crippen LogP contribution in [0.2, 0.25) is 0 Å². The second kappa shape index (κ2) is 7.03. The van der Waals surface area contributed by atoms with Gasteiger partial charge in [0.1, 0.15) is 0 Å². The summed E-state index contributed by atoms with van der Waals surface area (Å²) in [5.74, 6) is 1.18. The number of hydrazine groups is 1. The van der Waals surface area contributed by atoms with Crippen molar-refractivity contribution in [2.24, 2.45) is 17.3 Å². The predicted molar refractivity (Wildman–Crippen MR) is 91.2 cm³/mol. The first kappa shape index (κ1) is 18.6. The highest BCUT2D eigenvalue weighted by Gasteiger charge is 2.51. The molecule has 6 heteroatoms. The molecule has 0 aromatic heterocycles. The van der Waals surface area contributed by atoms with E-state index in [0.717, 1.165) is 18.8 Å². The predicted octanol–water partition coefficient (Wildman–Crippen LogP) is 3.88. The molecule has 1 saturated carbocycles. The van der Waals surface area contributed by atoms with Crippen molar-refractivity contribution in [2.75, 3.05) is 6.54 Å². The molecule has 1 fully saturated rings. The third-order valence-corrected chi connectivity index (χ3v) is 5.05. The average molecular weight is 338 g/mol. The van der Waals surface area contributed by atoms with Gasteiger partial charge in [0.15, 0.2) is 0 Å². The standard InChI is InChI=1S/C18H30N2O4/c1-11(2)23-16(21)19-20(17(22)24-12(3)4)10-13-7-8-14-9-15(13)18(14,5)6/h7,11-12,14-15H,8-10H2,1-6H3,(H,19,21)/t14-,15-/m1/s1. The van der Waals surface area contributed by atoms with Gasteiger partial charge in [-0.2, -0.15) is 0 Å². The van der Waals surface area contributed by atoms with Crippen molar-refractivity contribution in [1.82, 2.24) is 10.4 Å². The normalized spacial score (nSPS) is 24.1. The van der Waals surface area contributed by atoms with Crippen LogP contribution in [0.3, 0.4) is 0 Å². The minimum absolute atomic E-state index is 0.256. The van der Waals surface area contributed by atoms with Crippen LogP contribution in [-0.2, 0) is 9.47 Å². The molecule has 3 aliphatic rings. The molecule has 24 heavy (non-hydrogen) atoms. The Morgan fingerprint density at radius 2 is 1.88 bits per heavy atom. The van der Waals surface area contributed by atoms with E-state index in [0.29, 0.717) is 12.5 Å². The summed E-state index contributed by atoms with van der Waals surface area (Å²) in [6.07, 6.45) is 2.67. The molecule has 0 spiro atoms. The Bertz CT molecular complexity index is 525. The summed E-state index contributed by atoms with van der Waals surface area (Å²) in [7, 11) is 0. The zero-order valence-corrected chi connectivity index (χ0v) is 15.6. The number of hydrogen-bond donors (Lipinski definition) is 1. The van der Waals surface area contributed by atoms with Crippen molar-refractivity contribution in [2.45, 2.75) is 66.6 Å². The van der Waals surface area contributed by atoms with Gasteiger partial charge in [-0.15, -0.1) is 0 Å². The summed E-state index contributed by atoms with van der Waals surface area (Å²) in [4.78, 5) is 24.2. The molecule has 0 aromatic carbocycles. The van der Waals surface area contributed by atoms with Crippen molar-refractivity contribution >= 4 is 12.2 Å². The monoisotopic (exact) mass is 338 g/mol.